The summed E-state index contributed by atoms with van der Waals surface area (Å²) in [7, 11) is 1.94. The van der Waals surface area contributed by atoms with Gasteiger partial charge in [-0.05, 0) is 37.0 Å². The van der Waals surface area contributed by atoms with Crippen LogP contribution in [-0.2, 0) is 4.74 Å². The Morgan fingerprint density at radius 1 is 1.55 bits per heavy atom. The number of nitrogens with two attached hydrogens (primary N) is 1. The van der Waals surface area contributed by atoms with Gasteiger partial charge >= 0.3 is 0 Å². The molecule has 0 aliphatic heterocycles. The Balaban J connectivity index is 1.98. The molecule has 110 valence electrons. The van der Waals surface area contributed by atoms with Gasteiger partial charge in [0, 0.05) is 36.5 Å². The van der Waals surface area contributed by atoms with Gasteiger partial charge in [-0.2, -0.15) is 0 Å². The lowest BCUT2D eigenvalue weighted by atomic mass is 10.1. The average molecular weight is 298 g/mol. The van der Waals surface area contributed by atoms with Crippen LogP contribution in [0.4, 0.5) is 5.69 Å². The zero-order valence-electron chi connectivity index (χ0n) is 11.6. The molecule has 1 aromatic rings. The lowest BCUT2D eigenvalue weighted by Crippen LogP contribution is -2.26. The second-order valence-corrected chi connectivity index (χ2v) is 5.52. The molecule has 0 unspecified atom stereocenters. The molecule has 1 aromatic carbocycles. The van der Waals surface area contributed by atoms with Crippen LogP contribution in [0.3, 0.4) is 0 Å². The summed E-state index contributed by atoms with van der Waals surface area (Å²) in [6, 6.07) is 5.33. The maximum Gasteiger partial charge on any atom is 0.172 e. The van der Waals surface area contributed by atoms with E-state index in [0.717, 1.165) is 24.8 Å². The van der Waals surface area contributed by atoms with Crippen LogP contribution >= 0.6 is 11.6 Å². The Kier molecular flexibility index (Phi) is 5.09. The maximum atomic E-state index is 8.84. The second-order valence-electron chi connectivity index (χ2n) is 5.09. The van der Waals surface area contributed by atoms with Gasteiger partial charge in [-0.25, -0.2) is 0 Å². The van der Waals surface area contributed by atoms with Crippen molar-refractivity contribution in [1.82, 2.24) is 0 Å². The Morgan fingerprint density at radius 2 is 2.30 bits per heavy atom. The number of benzene rings is 1. The smallest absolute Gasteiger partial charge is 0.172 e. The first-order chi connectivity index (χ1) is 9.61. The third-order valence-corrected chi connectivity index (χ3v) is 3.61. The predicted octanol–water partition coefficient (Wildman–Crippen LogP) is 2.30. The molecule has 1 aliphatic carbocycles. The Hall–Kier alpha value is -1.46. The zero-order valence-corrected chi connectivity index (χ0v) is 12.3. The van der Waals surface area contributed by atoms with E-state index >= 15 is 0 Å². The number of rotatable bonds is 7. The first-order valence-corrected chi connectivity index (χ1v) is 7.06. The van der Waals surface area contributed by atoms with Crippen LogP contribution in [0.5, 0.6) is 0 Å². The molecule has 0 aromatic heterocycles. The molecule has 0 spiro atoms. The van der Waals surface area contributed by atoms with Crippen LogP contribution in [-0.4, -0.2) is 37.8 Å². The first-order valence-electron chi connectivity index (χ1n) is 6.68. The number of amidine groups is 1. The third-order valence-electron chi connectivity index (χ3n) is 3.38. The SMILES string of the molecule is CN(CCOCC1CC1)c1ccc(Cl)cc1/C(N)=N/O. The Bertz CT molecular complexity index is 489. The van der Waals surface area contributed by atoms with Crippen molar-refractivity contribution in [3.8, 4) is 0 Å². The molecular formula is C14H20ClN3O2. The van der Waals surface area contributed by atoms with Crippen molar-refractivity contribution in [1.29, 1.82) is 0 Å². The van der Waals surface area contributed by atoms with E-state index in [0.29, 0.717) is 17.2 Å². The van der Waals surface area contributed by atoms with Crippen molar-refractivity contribution in [3.63, 3.8) is 0 Å². The summed E-state index contributed by atoms with van der Waals surface area (Å²) in [4.78, 5) is 2.01. The van der Waals surface area contributed by atoms with Crippen molar-refractivity contribution < 1.29 is 9.94 Å². The van der Waals surface area contributed by atoms with E-state index in [1.165, 1.54) is 12.8 Å². The van der Waals surface area contributed by atoms with Crippen LogP contribution in [0.25, 0.3) is 0 Å². The molecule has 5 nitrogen and oxygen atoms in total. The van der Waals surface area contributed by atoms with E-state index in [9.17, 15) is 0 Å². The van der Waals surface area contributed by atoms with E-state index in [1.807, 2.05) is 18.0 Å². The normalized spacial score (nSPS) is 15.4. The van der Waals surface area contributed by atoms with Gasteiger partial charge in [-0.3, -0.25) is 0 Å². The van der Waals surface area contributed by atoms with Crippen molar-refractivity contribution >= 4 is 23.1 Å². The summed E-state index contributed by atoms with van der Waals surface area (Å²) in [5.41, 5.74) is 7.16. The molecule has 1 saturated carbocycles. The van der Waals surface area contributed by atoms with E-state index in [2.05, 4.69) is 5.16 Å². The highest BCUT2D eigenvalue weighted by Crippen LogP contribution is 2.28. The lowest BCUT2D eigenvalue weighted by Gasteiger charge is -2.22. The van der Waals surface area contributed by atoms with E-state index in [-0.39, 0.29) is 5.84 Å². The fourth-order valence-electron chi connectivity index (χ4n) is 1.96. The molecule has 1 fully saturated rings. The molecule has 0 atom stereocenters. The standard InChI is InChI=1S/C14H20ClN3O2/c1-18(6-7-20-9-10-2-3-10)13-5-4-11(15)8-12(13)14(16)17-19/h4-5,8,10,19H,2-3,6-7,9H2,1H3,(H2,16,17). The molecule has 6 heteroatoms. The molecular weight excluding hydrogens is 278 g/mol. The van der Waals surface area contributed by atoms with Gasteiger partial charge in [0.15, 0.2) is 5.84 Å². The number of nitrogens with zero attached hydrogens (tertiary/aromatic N) is 2. The van der Waals surface area contributed by atoms with Crippen molar-refractivity contribution in [2.75, 3.05) is 31.7 Å². The summed E-state index contributed by atoms with van der Waals surface area (Å²) in [6.07, 6.45) is 2.58. The maximum absolute atomic E-state index is 8.84. The lowest BCUT2D eigenvalue weighted by molar-refractivity contribution is 0.131. The van der Waals surface area contributed by atoms with Crippen LogP contribution in [0.15, 0.2) is 23.4 Å². The average Bonchev–Trinajstić information content (AvgIpc) is 3.26. The topological polar surface area (TPSA) is 71.1 Å². The molecule has 0 heterocycles. The van der Waals surface area contributed by atoms with Gasteiger partial charge in [0.1, 0.15) is 0 Å². The minimum absolute atomic E-state index is 0.0493. The summed E-state index contributed by atoms with van der Waals surface area (Å²) >= 11 is 5.96. The summed E-state index contributed by atoms with van der Waals surface area (Å²) < 4.78 is 5.62. The molecule has 0 bridgehead atoms. The largest absolute Gasteiger partial charge is 0.409 e. The number of anilines is 1. The highest BCUT2D eigenvalue weighted by molar-refractivity contribution is 6.31. The highest BCUT2D eigenvalue weighted by atomic mass is 35.5. The fourth-order valence-corrected chi connectivity index (χ4v) is 2.13. The van der Waals surface area contributed by atoms with E-state index in [4.69, 9.17) is 27.3 Å². The number of hydrogen-bond acceptors (Lipinski definition) is 4. The van der Waals surface area contributed by atoms with Crippen molar-refractivity contribution in [2.45, 2.75) is 12.8 Å². The van der Waals surface area contributed by atoms with Crippen LogP contribution in [0.2, 0.25) is 5.02 Å². The molecule has 1 aliphatic rings. The third kappa shape index (κ3) is 4.02. The second kappa shape index (κ2) is 6.81. The van der Waals surface area contributed by atoms with E-state index < -0.39 is 0 Å². The van der Waals surface area contributed by atoms with Crippen LogP contribution < -0.4 is 10.6 Å². The van der Waals surface area contributed by atoms with Crippen LogP contribution in [0.1, 0.15) is 18.4 Å². The van der Waals surface area contributed by atoms with Gasteiger partial charge in [-0.15, -0.1) is 0 Å². The van der Waals surface area contributed by atoms with Crippen molar-refractivity contribution in [3.05, 3.63) is 28.8 Å². The van der Waals surface area contributed by atoms with Gasteiger partial charge < -0.3 is 20.6 Å². The minimum Gasteiger partial charge on any atom is -0.409 e. The van der Waals surface area contributed by atoms with Gasteiger partial charge in [-0.1, -0.05) is 16.8 Å². The minimum atomic E-state index is 0.0493. The molecule has 3 N–H and O–H groups in total. The summed E-state index contributed by atoms with van der Waals surface area (Å²) in [5, 5.41) is 12.4. The Labute approximate surface area is 124 Å². The van der Waals surface area contributed by atoms with Crippen LogP contribution in [0, 0.1) is 5.92 Å². The molecule has 0 radical (unpaired) electrons. The molecule has 2 rings (SSSR count). The highest BCUT2D eigenvalue weighted by Gasteiger charge is 2.21. The first kappa shape index (κ1) is 14.9. The Morgan fingerprint density at radius 3 is 2.95 bits per heavy atom. The number of oxime groups is 1. The zero-order chi connectivity index (χ0) is 14.5. The number of halogens is 1. The van der Waals surface area contributed by atoms with Gasteiger partial charge in [0.25, 0.3) is 0 Å². The molecule has 20 heavy (non-hydrogen) atoms. The quantitative estimate of drug-likeness (QED) is 0.266. The number of hydrogen-bond donors (Lipinski definition) is 2. The summed E-state index contributed by atoms with van der Waals surface area (Å²) in [6.45, 7) is 2.24. The monoisotopic (exact) mass is 297 g/mol. The van der Waals surface area contributed by atoms with Gasteiger partial charge in [0.05, 0.1) is 6.61 Å². The molecule has 0 amide bonds. The number of likely N-dealkylation sites (N-methyl/N-ethyl adjacent to an activating group) is 1. The predicted molar refractivity (Wildman–Crippen MR) is 80.8 cm³/mol. The number of ether oxygens (including phenoxy) is 1. The van der Waals surface area contributed by atoms with Crippen molar-refractivity contribution in [2.24, 2.45) is 16.8 Å². The van der Waals surface area contributed by atoms with E-state index in [1.54, 1.807) is 12.1 Å². The van der Waals surface area contributed by atoms with Gasteiger partial charge in [0.2, 0.25) is 0 Å². The molecule has 0 saturated heterocycles. The summed E-state index contributed by atoms with van der Waals surface area (Å²) in [5.74, 6) is 0.816. The fraction of sp³-hybridized carbons (Fsp3) is 0.500.